The molecule has 1 heterocycles. The average Bonchev–Trinajstić information content (AvgIpc) is 2.60. The molecule has 0 unspecified atom stereocenters. The lowest BCUT2D eigenvalue weighted by molar-refractivity contribution is 0.0644. The minimum Gasteiger partial charge on any atom is -0.334 e. The van der Waals surface area contributed by atoms with Crippen molar-refractivity contribution < 1.29 is 4.79 Å². The fourth-order valence-corrected chi connectivity index (χ4v) is 3.35. The summed E-state index contributed by atoms with van der Waals surface area (Å²) in [5, 5.41) is 0.980. The molecule has 0 spiro atoms. The Morgan fingerprint density at radius 1 is 0.846 bits per heavy atom. The van der Waals surface area contributed by atoms with Crippen molar-refractivity contribution in [1.29, 1.82) is 0 Å². The summed E-state index contributed by atoms with van der Waals surface area (Å²) in [4.78, 5) is 28.9. The van der Waals surface area contributed by atoms with Crippen molar-refractivity contribution in [2.24, 2.45) is 0 Å². The molecule has 3 rings (SSSR count). The molecule has 134 valence electrons. The van der Waals surface area contributed by atoms with Crippen LogP contribution in [0.5, 0.6) is 0 Å². The molecule has 0 aliphatic rings. The quantitative estimate of drug-likeness (QED) is 0.757. The molecule has 0 saturated carbocycles. The summed E-state index contributed by atoms with van der Waals surface area (Å²) in [7, 11) is 0. The van der Waals surface area contributed by atoms with E-state index in [1.807, 2.05) is 81.1 Å². The lowest BCUT2D eigenvalue weighted by Crippen LogP contribution is -2.42. The van der Waals surface area contributed by atoms with Gasteiger partial charge in [-0.2, -0.15) is 0 Å². The van der Waals surface area contributed by atoms with E-state index in [1.165, 1.54) is 6.07 Å². The Morgan fingerprint density at radius 3 is 2.08 bits per heavy atom. The van der Waals surface area contributed by atoms with Gasteiger partial charge in [0.05, 0.1) is 0 Å². The van der Waals surface area contributed by atoms with E-state index in [0.29, 0.717) is 5.56 Å². The first-order chi connectivity index (χ1) is 12.4. The summed E-state index contributed by atoms with van der Waals surface area (Å²) in [6, 6.07) is 17.3. The smallest absolute Gasteiger partial charge is 0.254 e. The van der Waals surface area contributed by atoms with E-state index in [4.69, 9.17) is 0 Å². The van der Waals surface area contributed by atoms with Gasteiger partial charge < -0.3 is 9.88 Å². The Morgan fingerprint density at radius 2 is 1.46 bits per heavy atom. The van der Waals surface area contributed by atoms with Gasteiger partial charge in [-0.15, -0.1) is 0 Å². The molecule has 0 bridgehead atoms. The highest BCUT2D eigenvalue weighted by Gasteiger charge is 2.21. The maximum atomic E-state index is 12.8. The second kappa shape index (κ2) is 7.16. The lowest BCUT2D eigenvalue weighted by Gasteiger charge is -2.30. The zero-order chi connectivity index (χ0) is 18.8. The molecular formula is C22H24N2O2. The Labute approximate surface area is 153 Å². The number of rotatable bonds is 4. The molecule has 4 nitrogen and oxygen atoms in total. The van der Waals surface area contributed by atoms with Crippen molar-refractivity contribution in [2.45, 2.75) is 39.8 Å². The van der Waals surface area contributed by atoms with E-state index in [1.54, 1.807) is 0 Å². The molecule has 3 aromatic rings. The molecule has 0 saturated heterocycles. The summed E-state index contributed by atoms with van der Waals surface area (Å²) in [5.74, 6) is 0.0534. The second-order valence-electron chi connectivity index (χ2n) is 7.10. The largest absolute Gasteiger partial charge is 0.334 e. The second-order valence-corrected chi connectivity index (χ2v) is 7.10. The number of nitrogens with one attached hydrogen (secondary N) is 1. The number of H-pyrrole nitrogens is 1. The van der Waals surface area contributed by atoms with Crippen molar-refractivity contribution >= 4 is 16.8 Å². The van der Waals surface area contributed by atoms with Gasteiger partial charge in [-0.05, 0) is 74.5 Å². The molecule has 1 aromatic heterocycles. The molecule has 0 radical (unpaired) electrons. The highest BCUT2D eigenvalue weighted by Crippen LogP contribution is 2.24. The van der Waals surface area contributed by atoms with Gasteiger partial charge in [-0.1, -0.05) is 18.2 Å². The van der Waals surface area contributed by atoms with Gasteiger partial charge >= 0.3 is 0 Å². The number of hydrogen-bond acceptors (Lipinski definition) is 2. The molecule has 2 aromatic carbocycles. The molecule has 1 N–H and O–H groups in total. The third kappa shape index (κ3) is 3.54. The normalized spacial score (nSPS) is 11.3. The number of aromatic amines is 1. The van der Waals surface area contributed by atoms with Crippen molar-refractivity contribution in [3.05, 3.63) is 70.5 Å². The molecule has 0 aliphatic heterocycles. The number of nitrogens with zero attached hydrogens (tertiary/aromatic N) is 1. The van der Waals surface area contributed by atoms with Crippen LogP contribution in [-0.2, 0) is 0 Å². The first-order valence-electron chi connectivity index (χ1n) is 8.93. The van der Waals surface area contributed by atoms with Gasteiger partial charge in [0.1, 0.15) is 0 Å². The first-order valence-corrected chi connectivity index (χ1v) is 8.93. The molecule has 0 fully saturated rings. The number of carbonyl (C=O) groups excluding carboxylic acids is 1. The molecule has 4 heteroatoms. The monoisotopic (exact) mass is 348 g/mol. The number of hydrogen-bond donors (Lipinski definition) is 1. The number of carbonyl (C=O) groups is 1. The molecule has 26 heavy (non-hydrogen) atoms. The van der Waals surface area contributed by atoms with Crippen LogP contribution in [0.15, 0.2) is 59.4 Å². The van der Waals surface area contributed by atoms with Gasteiger partial charge in [0.25, 0.3) is 5.91 Å². The maximum Gasteiger partial charge on any atom is 0.254 e. The van der Waals surface area contributed by atoms with Crippen molar-refractivity contribution in [3.8, 4) is 11.1 Å². The minimum atomic E-state index is -0.104. The Kier molecular flexibility index (Phi) is 4.94. The van der Waals surface area contributed by atoms with Crippen LogP contribution in [0.3, 0.4) is 0 Å². The summed E-state index contributed by atoms with van der Waals surface area (Å²) >= 11 is 0. The third-order valence-electron chi connectivity index (χ3n) is 4.54. The summed E-state index contributed by atoms with van der Waals surface area (Å²) in [5.41, 5.74) is 3.50. The van der Waals surface area contributed by atoms with Crippen LogP contribution in [0.25, 0.3) is 22.0 Å². The highest BCUT2D eigenvalue weighted by molar-refractivity contribution is 5.95. The average molecular weight is 348 g/mol. The van der Waals surface area contributed by atoms with E-state index in [-0.39, 0.29) is 23.6 Å². The van der Waals surface area contributed by atoms with E-state index < -0.39 is 0 Å². The third-order valence-corrected chi connectivity index (χ3v) is 4.54. The van der Waals surface area contributed by atoms with Crippen LogP contribution in [0.2, 0.25) is 0 Å². The number of aromatic nitrogens is 1. The van der Waals surface area contributed by atoms with Crippen LogP contribution in [-0.4, -0.2) is 27.9 Å². The van der Waals surface area contributed by atoms with Gasteiger partial charge in [-0.25, -0.2) is 0 Å². The highest BCUT2D eigenvalue weighted by atomic mass is 16.2. The standard InChI is InChI=1S/C22H24N2O2/c1-14(2)24(15(3)4)22(26)17-7-5-16(6-8-17)18-9-11-20-19(13-18)10-12-21(25)23-20/h5-15H,1-4H3,(H,23,25). The van der Waals surface area contributed by atoms with E-state index in [0.717, 1.165) is 22.0 Å². The molecule has 0 aliphatic carbocycles. The fourth-order valence-electron chi connectivity index (χ4n) is 3.35. The first kappa shape index (κ1) is 17.9. The molecule has 0 atom stereocenters. The van der Waals surface area contributed by atoms with Crippen molar-refractivity contribution in [1.82, 2.24) is 9.88 Å². The van der Waals surface area contributed by atoms with Gasteiger partial charge in [0, 0.05) is 29.2 Å². The van der Waals surface area contributed by atoms with E-state index in [2.05, 4.69) is 4.98 Å². The van der Waals surface area contributed by atoms with Gasteiger partial charge in [0.2, 0.25) is 5.56 Å². The van der Waals surface area contributed by atoms with Crippen LogP contribution < -0.4 is 5.56 Å². The van der Waals surface area contributed by atoms with Crippen molar-refractivity contribution in [2.75, 3.05) is 0 Å². The Hall–Kier alpha value is -2.88. The zero-order valence-corrected chi connectivity index (χ0v) is 15.6. The van der Waals surface area contributed by atoms with Crippen LogP contribution in [0.1, 0.15) is 38.1 Å². The van der Waals surface area contributed by atoms with Gasteiger partial charge in [-0.3, -0.25) is 9.59 Å². The Balaban J connectivity index is 1.91. The summed E-state index contributed by atoms with van der Waals surface area (Å²) < 4.78 is 0. The van der Waals surface area contributed by atoms with Crippen LogP contribution in [0, 0.1) is 0 Å². The predicted octanol–water partition coefficient (Wildman–Crippen LogP) is 4.45. The summed E-state index contributed by atoms with van der Waals surface area (Å²) in [6.45, 7) is 8.13. The number of pyridine rings is 1. The molecular weight excluding hydrogens is 324 g/mol. The van der Waals surface area contributed by atoms with E-state index >= 15 is 0 Å². The minimum absolute atomic E-state index is 0.0534. The predicted molar refractivity (Wildman–Crippen MR) is 106 cm³/mol. The number of fused-ring (bicyclic) bond motifs is 1. The fraction of sp³-hybridized carbons (Fsp3) is 0.273. The lowest BCUT2D eigenvalue weighted by atomic mass is 10.0. The number of benzene rings is 2. The van der Waals surface area contributed by atoms with Gasteiger partial charge in [0.15, 0.2) is 0 Å². The summed E-state index contributed by atoms with van der Waals surface area (Å²) in [6.07, 6.45) is 0. The maximum absolute atomic E-state index is 12.8. The topological polar surface area (TPSA) is 53.2 Å². The zero-order valence-electron chi connectivity index (χ0n) is 15.6. The van der Waals surface area contributed by atoms with Crippen LogP contribution >= 0.6 is 0 Å². The van der Waals surface area contributed by atoms with E-state index in [9.17, 15) is 9.59 Å². The van der Waals surface area contributed by atoms with Crippen LogP contribution in [0.4, 0.5) is 0 Å². The SMILES string of the molecule is CC(C)N(C(=O)c1ccc(-c2ccc3[nH]c(=O)ccc3c2)cc1)C(C)C. The Bertz CT molecular complexity index is 977. The van der Waals surface area contributed by atoms with Crippen molar-refractivity contribution in [3.63, 3.8) is 0 Å². The number of amides is 1. The molecule has 1 amide bonds.